The Morgan fingerprint density at radius 1 is 1.36 bits per heavy atom. The maximum atomic E-state index is 11.0. The van der Waals surface area contributed by atoms with Crippen LogP contribution in [0.25, 0.3) is 0 Å². The largest absolute Gasteiger partial charge is 0.384 e. The predicted molar refractivity (Wildman–Crippen MR) is 56.0 cm³/mol. The van der Waals surface area contributed by atoms with E-state index in [4.69, 9.17) is 0 Å². The molecule has 0 saturated carbocycles. The van der Waals surface area contributed by atoms with Crippen LogP contribution in [0.15, 0.2) is 36.4 Å². The van der Waals surface area contributed by atoms with E-state index in [0.29, 0.717) is 5.56 Å². The van der Waals surface area contributed by atoms with Crippen molar-refractivity contribution in [2.45, 2.75) is 20.0 Å². The summed E-state index contributed by atoms with van der Waals surface area (Å²) in [6.45, 7) is 6.92. The maximum absolute atomic E-state index is 11.0. The Bertz CT molecular complexity index is 349. The Labute approximate surface area is 83.9 Å². The summed E-state index contributed by atoms with van der Waals surface area (Å²) in [6, 6.07) is 7.39. The van der Waals surface area contributed by atoms with Crippen LogP contribution in [0.3, 0.4) is 0 Å². The molecule has 0 fully saturated rings. The van der Waals surface area contributed by atoms with Gasteiger partial charge < -0.3 is 5.11 Å². The summed E-state index contributed by atoms with van der Waals surface area (Å²) < 4.78 is 0. The highest BCUT2D eigenvalue weighted by Gasteiger charge is 2.14. The van der Waals surface area contributed by atoms with Gasteiger partial charge in [-0.15, -0.1) is 0 Å². The van der Waals surface area contributed by atoms with Crippen molar-refractivity contribution in [1.29, 1.82) is 0 Å². The van der Waals surface area contributed by atoms with E-state index >= 15 is 0 Å². The van der Waals surface area contributed by atoms with Crippen LogP contribution in [0.4, 0.5) is 0 Å². The van der Waals surface area contributed by atoms with Gasteiger partial charge in [-0.05, 0) is 19.4 Å². The first-order valence-electron chi connectivity index (χ1n) is 4.46. The molecule has 1 unspecified atom stereocenters. The van der Waals surface area contributed by atoms with E-state index in [-0.39, 0.29) is 11.4 Å². The number of hydrogen-bond donors (Lipinski definition) is 1. The molecule has 0 aliphatic rings. The summed E-state index contributed by atoms with van der Waals surface area (Å²) in [5.41, 5.74) is 2.05. The number of ketones is 1. The molecule has 1 atom stereocenters. The predicted octanol–water partition coefficient (Wildman–Crippen LogP) is 2.17. The normalized spacial score (nSPS) is 12.2. The third-order valence-corrected chi connectivity index (χ3v) is 2.18. The molecule has 0 spiro atoms. The van der Waals surface area contributed by atoms with Gasteiger partial charge in [-0.3, -0.25) is 4.79 Å². The van der Waals surface area contributed by atoms with Crippen molar-refractivity contribution in [2.24, 2.45) is 0 Å². The lowest BCUT2D eigenvalue weighted by atomic mass is 9.99. The molecule has 0 radical (unpaired) electrons. The molecule has 0 bridgehead atoms. The van der Waals surface area contributed by atoms with E-state index in [2.05, 4.69) is 6.58 Å². The molecule has 1 rings (SSSR count). The highest BCUT2D eigenvalue weighted by molar-refractivity contribution is 5.93. The first-order chi connectivity index (χ1) is 6.52. The van der Waals surface area contributed by atoms with Crippen LogP contribution < -0.4 is 0 Å². The molecular weight excluding hydrogens is 176 g/mol. The first-order valence-corrected chi connectivity index (χ1v) is 4.46. The minimum Gasteiger partial charge on any atom is -0.384 e. The van der Waals surface area contributed by atoms with E-state index in [9.17, 15) is 9.90 Å². The van der Waals surface area contributed by atoms with Crippen LogP contribution in [-0.4, -0.2) is 10.9 Å². The lowest BCUT2D eigenvalue weighted by molar-refractivity contribution is -0.114. The van der Waals surface area contributed by atoms with Gasteiger partial charge in [0.2, 0.25) is 0 Å². The second kappa shape index (κ2) is 4.20. The molecule has 0 amide bonds. The smallest absolute Gasteiger partial charge is 0.158 e. The Morgan fingerprint density at radius 2 is 1.86 bits per heavy atom. The average molecular weight is 190 g/mol. The highest BCUT2D eigenvalue weighted by atomic mass is 16.3. The molecule has 1 N–H and O–H groups in total. The zero-order valence-electron chi connectivity index (χ0n) is 8.45. The second-order valence-corrected chi connectivity index (χ2v) is 3.39. The molecule has 0 saturated heterocycles. The maximum Gasteiger partial charge on any atom is 0.158 e. The number of aliphatic hydroxyl groups is 1. The summed E-state index contributed by atoms with van der Waals surface area (Å²) in [6.07, 6.45) is -0.881. The van der Waals surface area contributed by atoms with Crippen LogP contribution in [0.1, 0.15) is 24.2 Å². The standard InChI is InChI=1S/C12H14O2/c1-8-4-6-11(7-5-8)12(14)9(2)10(3)13/h4-7,12,14H,2H2,1,3H3. The van der Waals surface area contributed by atoms with Crippen molar-refractivity contribution in [3.63, 3.8) is 0 Å². The van der Waals surface area contributed by atoms with Crippen LogP contribution >= 0.6 is 0 Å². The molecule has 2 nitrogen and oxygen atoms in total. The zero-order valence-corrected chi connectivity index (χ0v) is 8.45. The Hall–Kier alpha value is -1.41. The van der Waals surface area contributed by atoms with Gasteiger partial charge in [-0.1, -0.05) is 36.4 Å². The lowest BCUT2D eigenvalue weighted by Gasteiger charge is -2.11. The Balaban J connectivity index is 2.89. The van der Waals surface area contributed by atoms with E-state index < -0.39 is 6.10 Å². The number of aryl methyl sites for hydroxylation is 1. The zero-order chi connectivity index (χ0) is 10.7. The van der Waals surface area contributed by atoms with E-state index in [0.717, 1.165) is 5.56 Å². The fourth-order valence-corrected chi connectivity index (χ4v) is 1.14. The number of hydrogen-bond acceptors (Lipinski definition) is 2. The summed E-state index contributed by atoms with van der Waals surface area (Å²) in [7, 11) is 0. The first kappa shape index (κ1) is 10.7. The molecule has 0 aromatic heterocycles. The van der Waals surface area contributed by atoms with Gasteiger partial charge in [-0.2, -0.15) is 0 Å². The number of carbonyl (C=O) groups is 1. The van der Waals surface area contributed by atoms with Crippen LogP contribution in [-0.2, 0) is 4.79 Å². The minimum atomic E-state index is -0.881. The third-order valence-electron chi connectivity index (χ3n) is 2.18. The number of carbonyl (C=O) groups excluding carboxylic acids is 1. The van der Waals surface area contributed by atoms with Crippen molar-refractivity contribution >= 4 is 5.78 Å². The van der Waals surface area contributed by atoms with Crippen molar-refractivity contribution in [1.82, 2.24) is 0 Å². The van der Waals surface area contributed by atoms with Crippen LogP contribution in [0, 0.1) is 6.92 Å². The topological polar surface area (TPSA) is 37.3 Å². The molecular formula is C12H14O2. The monoisotopic (exact) mass is 190 g/mol. The average Bonchev–Trinajstić information content (AvgIpc) is 2.16. The fourth-order valence-electron chi connectivity index (χ4n) is 1.14. The summed E-state index contributed by atoms with van der Waals surface area (Å²) in [5, 5.41) is 9.73. The minimum absolute atomic E-state index is 0.182. The summed E-state index contributed by atoms with van der Waals surface area (Å²) in [5.74, 6) is -0.182. The number of Topliss-reactive ketones (excluding diaryl/α,β-unsaturated/α-hetero) is 1. The second-order valence-electron chi connectivity index (χ2n) is 3.39. The molecule has 14 heavy (non-hydrogen) atoms. The molecule has 0 aliphatic carbocycles. The van der Waals surface area contributed by atoms with Gasteiger partial charge in [0.1, 0.15) is 6.10 Å². The van der Waals surface area contributed by atoms with Gasteiger partial charge in [0.25, 0.3) is 0 Å². The fraction of sp³-hybridized carbons (Fsp3) is 0.250. The third kappa shape index (κ3) is 2.30. The van der Waals surface area contributed by atoms with Crippen molar-refractivity contribution in [2.75, 3.05) is 0 Å². The molecule has 74 valence electrons. The molecule has 0 heterocycles. The molecule has 1 aromatic rings. The van der Waals surface area contributed by atoms with Gasteiger partial charge in [0.05, 0.1) is 0 Å². The van der Waals surface area contributed by atoms with Gasteiger partial charge in [0.15, 0.2) is 5.78 Å². The van der Waals surface area contributed by atoms with Gasteiger partial charge in [0, 0.05) is 5.57 Å². The SMILES string of the molecule is C=C(C(C)=O)C(O)c1ccc(C)cc1. The molecule has 0 aliphatic heterocycles. The van der Waals surface area contributed by atoms with Crippen LogP contribution in [0.2, 0.25) is 0 Å². The van der Waals surface area contributed by atoms with E-state index in [1.807, 2.05) is 19.1 Å². The molecule has 2 heteroatoms. The van der Waals surface area contributed by atoms with Crippen LogP contribution in [0.5, 0.6) is 0 Å². The number of rotatable bonds is 3. The Morgan fingerprint density at radius 3 is 2.29 bits per heavy atom. The van der Waals surface area contributed by atoms with E-state index in [1.54, 1.807) is 12.1 Å². The van der Waals surface area contributed by atoms with Crippen molar-refractivity contribution in [3.05, 3.63) is 47.5 Å². The van der Waals surface area contributed by atoms with Gasteiger partial charge >= 0.3 is 0 Å². The number of aliphatic hydroxyl groups excluding tert-OH is 1. The summed E-state index contributed by atoms with van der Waals surface area (Å²) in [4.78, 5) is 11.0. The summed E-state index contributed by atoms with van der Waals surface area (Å²) >= 11 is 0. The molecule has 1 aromatic carbocycles. The van der Waals surface area contributed by atoms with E-state index in [1.165, 1.54) is 6.92 Å². The Kier molecular flexibility index (Phi) is 3.20. The van der Waals surface area contributed by atoms with Crippen molar-refractivity contribution < 1.29 is 9.90 Å². The highest BCUT2D eigenvalue weighted by Crippen LogP contribution is 2.20. The van der Waals surface area contributed by atoms with Gasteiger partial charge in [-0.25, -0.2) is 0 Å². The lowest BCUT2D eigenvalue weighted by Crippen LogP contribution is -2.07. The number of benzene rings is 1. The van der Waals surface area contributed by atoms with Crippen molar-refractivity contribution in [3.8, 4) is 0 Å². The quantitative estimate of drug-likeness (QED) is 0.742.